The van der Waals surface area contributed by atoms with Crippen LogP contribution < -0.4 is 5.09 Å². The van der Waals surface area contributed by atoms with Gasteiger partial charge in [0.2, 0.25) is 0 Å². The third kappa shape index (κ3) is 5.70. The molecule has 0 aromatic carbocycles. The van der Waals surface area contributed by atoms with Crippen molar-refractivity contribution in [1.82, 2.24) is 5.09 Å². The zero-order valence-electron chi connectivity index (χ0n) is 12.1. The highest BCUT2D eigenvalue weighted by Crippen LogP contribution is 2.52. The Morgan fingerprint density at radius 3 is 2.70 bits per heavy atom. The van der Waals surface area contributed by atoms with Crippen LogP contribution in [0.4, 0.5) is 0 Å². The minimum atomic E-state index is -3.63. The molecule has 20 heavy (non-hydrogen) atoms. The molecule has 0 aliphatic heterocycles. The monoisotopic (exact) mass is 321 g/mol. The number of rotatable bonds is 6. The first-order valence-electron chi connectivity index (χ1n) is 6.55. The van der Waals surface area contributed by atoms with Crippen LogP contribution in [0.25, 0.3) is 0 Å². The highest BCUT2D eigenvalue weighted by atomic mass is 35.7. The van der Waals surface area contributed by atoms with E-state index in [2.05, 4.69) is 5.09 Å². The Balaban J connectivity index is 2.61. The van der Waals surface area contributed by atoms with Crippen LogP contribution in [0.3, 0.4) is 0 Å². The number of nitrogens with one attached hydrogen (secondary N) is 1. The van der Waals surface area contributed by atoms with E-state index in [4.69, 9.17) is 20.5 Å². The molecule has 5 nitrogen and oxygen atoms in total. The van der Waals surface area contributed by atoms with E-state index >= 15 is 0 Å². The van der Waals surface area contributed by atoms with Gasteiger partial charge < -0.3 is 9.26 Å². The van der Waals surface area contributed by atoms with Gasteiger partial charge in [0.25, 0.3) is 0 Å². The van der Waals surface area contributed by atoms with Gasteiger partial charge in [0, 0.05) is 17.2 Å². The Hall–Kier alpha value is -0.770. The zero-order chi connectivity index (χ0) is 15.3. The fourth-order valence-electron chi connectivity index (χ4n) is 1.63. The molecule has 1 aliphatic carbocycles. The Morgan fingerprint density at radius 1 is 1.50 bits per heavy atom. The number of hydrogen-bond acceptors (Lipinski definition) is 4. The lowest BCUT2D eigenvalue weighted by molar-refractivity contribution is -0.149. The first kappa shape index (κ1) is 17.3. The fourth-order valence-corrected chi connectivity index (χ4v) is 3.44. The average Bonchev–Trinajstić information content (AvgIpc) is 2.30. The van der Waals surface area contributed by atoms with Gasteiger partial charge in [-0.1, -0.05) is 19.1 Å². The molecule has 0 radical (unpaired) electrons. The predicted octanol–water partition coefficient (Wildman–Crippen LogP) is 3.76. The molecule has 114 valence electrons. The van der Waals surface area contributed by atoms with Crippen LogP contribution in [-0.4, -0.2) is 18.1 Å². The summed E-state index contributed by atoms with van der Waals surface area (Å²) >= 11 is 5.86. The molecule has 0 amide bonds. The molecule has 7 heteroatoms. The van der Waals surface area contributed by atoms with Crippen molar-refractivity contribution in [3.63, 3.8) is 0 Å². The van der Waals surface area contributed by atoms with Crippen LogP contribution in [0.15, 0.2) is 24.0 Å². The summed E-state index contributed by atoms with van der Waals surface area (Å²) in [5.74, 6) is 0.129. The highest BCUT2D eigenvalue weighted by Gasteiger charge is 2.30. The first-order valence-corrected chi connectivity index (χ1v) is 9.08. The van der Waals surface area contributed by atoms with E-state index in [1.54, 1.807) is 19.9 Å². The highest BCUT2D eigenvalue weighted by molar-refractivity contribution is 7.83. The second kappa shape index (κ2) is 7.30. The molecule has 0 saturated carbocycles. The molecule has 0 spiro atoms. The standard InChI is InChI=1S/C13H21ClNO4P/c1-9(2)18-13(16)11(4)15-20(14,17)19-12-8-6-5-7-10(12)3/h5-6,8-11H,7H2,1-4H3,(H,15,17). The summed E-state index contributed by atoms with van der Waals surface area (Å²) in [6.07, 6.45) is 6.10. The molecule has 0 aromatic rings. The zero-order valence-corrected chi connectivity index (χ0v) is 13.8. The van der Waals surface area contributed by atoms with Crippen molar-refractivity contribution in [3.8, 4) is 0 Å². The Bertz CT molecular complexity index is 461. The number of halogens is 1. The normalized spacial score (nSPS) is 22.9. The lowest BCUT2D eigenvalue weighted by atomic mass is 10.0. The minimum absolute atomic E-state index is 0.104. The summed E-state index contributed by atoms with van der Waals surface area (Å²) in [4.78, 5) is 11.6. The van der Waals surface area contributed by atoms with Crippen LogP contribution >= 0.6 is 18.1 Å². The smallest absolute Gasteiger partial charge is 0.409 e. The number of hydrogen-bond donors (Lipinski definition) is 1. The summed E-state index contributed by atoms with van der Waals surface area (Å²) in [5.41, 5.74) is 0. The van der Waals surface area contributed by atoms with Gasteiger partial charge in [-0.2, -0.15) is 0 Å². The molecule has 0 heterocycles. The Morgan fingerprint density at radius 2 is 2.15 bits per heavy atom. The summed E-state index contributed by atoms with van der Waals surface area (Å²) in [6, 6.07) is -0.809. The van der Waals surface area contributed by atoms with E-state index in [1.165, 1.54) is 6.92 Å². The lowest BCUT2D eigenvalue weighted by Crippen LogP contribution is -2.34. The molecule has 0 saturated heterocycles. The summed E-state index contributed by atoms with van der Waals surface area (Å²) < 4.78 is 22.5. The van der Waals surface area contributed by atoms with Gasteiger partial charge in [-0.25, -0.2) is 9.65 Å². The number of esters is 1. The van der Waals surface area contributed by atoms with Crippen LogP contribution in [0.1, 0.15) is 34.1 Å². The van der Waals surface area contributed by atoms with Crippen LogP contribution in [0.5, 0.6) is 0 Å². The molecule has 1 aliphatic rings. The van der Waals surface area contributed by atoms with Crippen molar-refractivity contribution in [3.05, 3.63) is 24.0 Å². The topological polar surface area (TPSA) is 64.6 Å². The second-order valence-corrected chi connectivity index (χ2v) is 7.78. The van der Waals surface area contributed by atoms with Gasteiger partial charge in [0.1, 0.15) is 11.8 Å². The van der Waals surface area contributed by atoms with E-state index in [0.29, 0.717) is 5.76 Å². The summed E-state index contributed by atoms with van der Waals surface area (Å²) in [5, 5.41) is 2.49. The Kier molecular flexibility index (Phi) is 6.31. The van der Waals surface area contributed by atoms with E-state index in [0.717, 1.165) is 6.42 Å². The molecular formula is C13H21ClNO4P. The van der Waals surface area contributed by atoms with Gasteiger partial charge >= 0.3 is 12.8 Å². The second-order valence-electron chi connectivity index (χ2n) is 5.04. The lowest BCUT2D eigenvalue weighted by Gasteiger charge is -2.23. The molecule has 0 fully saturated rings. The number of carbonyl (C=O) groups excluding carboxylic acids is 1. The molecule has 0 bridgehead atoms. The van der Waals surface area contributed by atoms with Crippen molar-refractivity contribution in [2.75, 3.05) is 0 Å². The van der Waals surface area contributed by atoms with E-state index in [1.807, 2.05) is 19.1 Å². The van der Waals surface area contributed by atoms with Crippen LogP contribution in [-0.2, 0) is 18.6 Å². The maximum absolute atomic E-state index is 12.2. The minimum Gasteiger partial charge on any atom is -0.462 e. The number of ether oxygens (including phenoxy) is 1. The molecule has 0 aromatic heterocycles. The van der Waals surface area contributed by atoms with E-state index in [-0.39, 0.29) is 12.0 Å². The fraction of sp³-hybridized carbons (Fsp3) is 0.615. The first-order chi connectivity index (χ1) is 9.21. The van der Waals surface area contributed by atoms with Crippen molar-refractivity contribution >= 4 is 24.1 Å². The van der Waals surface area contributed by atoms with E-state index < -0.39 is 18.9 Å². The maximum Gasteiger partial charge on any atom is 0.409 e. The Labute approximate surface area is 124 Å². The number of allylic oxidation sites excluding steroid dienone is 4. The quantitative estimate of drug-likeness (QED) is 0.596. The predicted molar refractivity (Wildman–Crippen MR) is 79.4 cm³/mol. The molecule has 1 N–H and O–H groups in total. The van der Waals surface area contributed by atoms with Crippen molar-refractivity contribution in [2.45, 2.75) is 46.3 Å². The summed E-state index contributed by atoms with van der Waals surface area (Å²) in [7, 11) is 0. The van der Waals surface area contributed by atoms with Gasteiger partial charge in [-0.15, -0.1) is 0 Å². The van der Waals surface area contributed by atoms with Crippen molar-refractivity contribution < 1.29 is 18.6 Å². The third-order valence-electron chi connectivity index (χ3n) is 2.65. The van der Waals surface area contributed by atoms with Gasteiger partial charge in [0.15, 0.2) is 0 Å². The van der Waals surface area contributed by atoms with Crippen molar-refractivity contribution in [1.29, 1.82) is 0 Å². The van der Waals surface area contributed by atoms with E-state index in [9.17, 15) is 9.36 Å². The van der Waals surface area contributed by atoms with Crippen LogP contribution in [0, 0.1) is 5.92 Å². The van der Waals surface area contributed by atoms with Gasteiger partial charge in [-0.05, 0) is 33.3 Å². The van der Waals surface area contributed by atoms with Crippen molar-refractivity contribution in [2.24, 2.45) is 5.92 Å². The molecule has 1 rings (SSSR count). The SMILES string of the molecule is CC(C)OC(=O)C(C)NP(=O)(Cl)OC1=CC=CCC1C. The van der Waals surface area contributed by atoms with Crippen LogP contribution in [0.2, 0.25) is 0 Å². The molecule has 3 unspecified atom stereocenters. The molecule has 3 atom stereocenters. The largest absolute Gasteiger partial charge is 0.462 e. The molecular weight excluding hydrogens is 301 g/mol. The maximum atomic E-state index is 12.2. The van der Waals surface area contributed by atoms with Gasteiger partial charge in [-0.3, -0.25) is 4.79 Å². The third-order valence-corrected chi connectivity index (χ3v) is 4.29. The van der Waals surface area contributed by atoms with Gasteiger partial charge in [0.05, 0.1) is 6.10 Å². The summed E-state index contributed by atoms with van der Waals surface area (Å²) in [6.45, 7) is 3.32. The number of carbonyl (C=O) groups is 1. The average molecular weight is 322 g/mol.